The normalized spacial score (nSPS) is 11.3. The largest absolute Gasteiger partial charge is 0.506 e. The summed E-state index contributed by atoms with van der Waals surface area (Å²) in [6, 6.07) is 8.92. The molecule has 0 amide bonds. The van der Waals surface area contributed by atoms with Crippen LogP contribution < -0.4 is 5.63 Å². The third-order valence-electron chi connectivity index (χ3n) is 3.64. The fourth-order valence-corrected chi connectivity index (χ4v) is 2.40. The smallest absolute Gasteiger partial charge is 0.461 e. The summed E-state index contributed by atoms with van der Waals surface area (Å²) in [7, 11) is 0. The molecule has 3 rings (SSSR count). The standard InChI is InChI=1S/C16H7F5O4.Eu.2H2O/c17-15(18,16(19,20)21)13(23)10-11(22)9-6-5-7-3-1-2-4-8(7)12(9)25-14(10)24;;;/h1-6,22H;;2*1H2. The third kappa shape index (κ3) is 4.11. The number of ketones is 1. The minimum absolute atomic E-state index is 0. The molecular weight excluding hydrogens is 535 g/mol. The number of hydrogen-bond donors (Lipinski definition) is 1. The maximum Gasteiger partial charge on any atom is 0.461 e. The van der Waals surface area contributed by atoms with E-state index < -0.39 is 34.8 Å². The predicted octanol–water partition coefficient (Wildman–Crippen LogP) is 2.38. The minimum Gasteiger partial charge on any atom is -0.506 e. The molecule has 1 aromatic heterocycles. The fourth-order valence-electron chi connectivity index (χ4n) is 2.40. The van der Waals surface area contributed by atoms with Crippen molar-refractivity contribution in [3.63, 3.8) is 0 Å². The van der Waals surface area contributed by atoms with Crippen LogP contribution in [0.2, 0.25) is 0 Å². The average Bonchev–Trinajstić information content (AvgIpc) is 2.53. The molecule has 0 aliphatic heterocycles. The molecule has 0 fully saturated rings. The quantitative estimate of drug-likeness (QED) is 0.229. The van der Waals surface area contributed by atoms with Gasteiger partial charge < -0.3 is 20.5 Å². The van der Waals surface area contributed by atoms with Crippen LogP contribution in [0.1, 0.15) is 10.4 Å². The van der Waals surface area contributed by atoms with Gasteiger partial charge in [0, 0.05) is 54.8 Å². The molecule has 28 heavy (non-hydrogen) atoms. The first-order valence-corrected chi connectivity index (χ1v) is 6.72. The Bertz CT molecular complexity index is 1080. The van der Waals surface area contributed by atoms with Gasteiger partial charge in [-0.25, -0.2) is 4.79 Å². The van der Waals surface area contributed by atoms with Gasteiger partial charge in [0.1, 0.15) is 11.3 Å². The second kappa shape index (κ2) is 8.91. The molecule has 0 atom stereocenters. The Labute approximate surface area is 193 Å². The number of carbonyl (C=O) groups excluding carboxylic acids is 1. The Balaban J connectivity index is 0.00000243. The van der Waals surface area contributed by atoms with Gasteiger partial charge in [-0.05, 0) is 11.5 Å². The van der Waals surface area contributed by atoms with Gasteiger partial charge in [-0.3, -0.25) is 4.79 Å². The van der Waals surface area contributed by atoms with E-state index in [1.807, 2.05) is 0 Å². The SMILES string of the molecule is O.O.O=C(c1c(O)c2ccc3ccccc3c2oc1=O)C(F)(F)C(F)(F)F.[Eu]. The van der Waals surface area contributed by atoms with Gasteiger partial charge in [0.15, 0.2) is 5.56 Å². The Kier molecular flexibility index (Phi) is 8.44. The number of fused-ring (bicyclic) bond motifs is 3. The predicted molar refractivity (Wildman–Crippen MR) is 84.2 cm³/mol. The van der Waals surface area contributed by atoms with E-state index in [0.717, 1.165) is 6.07 Å². The molecule has 0 aliphatic carbocycles. The number of alkyl halides is 5. The van der Waals surface area contributed by atoms with Crippen molar-refractivity contribution in [2.24, 2.45) is 0 Å². The second-order valence-corrected chi connectivity index (χ2v) is 5.18. The summed E-state index contributed by atoms with van der Waals surface area (Å²) < 4.78 is 68.4. The maximum atomic E-state index is 13.3. The summed E-state index contributed by atoms with van der Waals surface area (Å²) >= 11 is 0. The van der Waals surface area contributed by atoms with Crippen LogP contribution in [-0.2, 0) is 0 Å². The zero-order valence-corrected chi connectivity index (χ0v) is 15.8. The van der Waals surface area contributed by atoms with Gasteiger partial charge in [-0.2, -0.15) is 22.0 Å². The van der Waals surface area contributed by atoms with E-state index >= 15 is 0 Å². The molecule has 153 valence electrons. The maximum absolute atomic E-state index is 13.3. The first kappa shape index (κ1) is 26.5. The van der Waals surface area contributed by atoms with E-state index in [0.29, 0.717) is 10.8 Å². The van der Waals surface area contributed by atoms with Crippen LogP contribution in [0.3, 0.4) is 0 Å². The molecule has 0 spiro atoms. The van der Waals surface area contributed by atoms with Crippen LogP contribution in [0.4, 0.5) is 22.0 Å². The van der Waals surface area contributed by atoms with Crippen molar-refractivity contribution >= 4 is 27.5 Å². The number of rotatable bonds is 2. The molecule has 0 saturated heterocycles. The molecule has 6 nitrogen and oxygen atoms in total. The van der Waals surface area contributed by atoms with Crippen molar-refractivity contribution in [1.82, 2.24) is 0 Å². The summed E-state index contributed by atoms with van der Waals surface area (Å²) in [4.78, 5) is 23.4. The van der Waals surface area contributed by atoms with Crippen LogP contribution in [0.5, 0.6) is 5.75 Å². The third-order valence-corrected chi connectivity index (χ3v) is 3.64. The van der Waals surface area contributed by atoms with E-state index in [2.05, 4.69) is 0 Å². The number of halogens is 5. The van der Waals surface area contributed by atoms with Gasteiger partial charge in [0.25, 0.3) is 5.78 Å². The van der Waals surface area contributed by atoms with Gasteiger partial charge in [0.05, 0.1) is 5.39 Å². The average molecular weight is 546 g/mol. The molecule has 5 N–H and O–H groups in total. The van der Waals surface area contributed by atoms with Gasteiger partial charge in [0.2, 0.25) is 0 Å². The minimum atomic E-state index is -6.22. The number of benzene rings is 2. The molecule has 0 unspecified atom stereocenters. The van der Waals surface area contributed by atoms with E-state index in [1.54, 1.807) is 18.2 Å². The van der Waals surface area contributed by atoms with Crippen LogP contribution in [-0.4, -0.2) is 33.9 Å². The molecule has 1 heterocycles. The van der Waals surface area contributed by atoms with Crippen molar-refractivity contribution < 1.29 is 96.6 Å². The molecule has 0 bridgehead atoms. The monoisotopic (exact) mass is 547 g/mol. The van der Waals surface area contributed by atoms with E-state index in [1.165, 1.54) is 12.1 Å². The summed E-state index contributed by atoms with van der Waals surface area (Å²) in [6.07, 6.45) is -6.22. The summed E-state index contributed by atoms with van der Waals surface area (Å²) in [5, 5.41) is 10.6. The van der Waals surface area contributed by atoms with Gasteiger partial charge >= 0.3 is 17.7 Å². The topological polar surface area (TPSA) is 131 Å². The zero-order valence-electron chi connectivity index (χ0n) is 13.4. The number of carbonyl (C=O) groups is 1. The van der Waals surface area contributed by atoms with Crippen LogP contribution in [0, 0.1) is 49.4 Å². The molecule has 12 heteroatoms. The number of hydrogen-bond acceptors (Lipinski definition) is 4. The zero-order chi connectivity index (χ0) is 18.6. The van der Waals surface area contributed by atoms with Crippen molar-refractivity contribution in [2.45, 2.75) is 12.1 Å². The van der Waals surface area contributed by atoms with Crippen molar-refractivity contribution in [2.75, 3.05) is 0 Å². The molecular formula is C16H11EuF5O6. The first-order valence-electron chi connectivity index (χ1n) is 6.72. The van der Waals surface area contributed by atoms with E-state index in [9.17, 15) is 36.6 Å². The van der Waals surface area contributed by atoms with Gasteiger partial charge in [-0.1, -0.05) is 30.3 Å². The molecule has 0 aliphatic rings. The Morgan fingerprint density at radius 3 is 2.07 bits per heavy atom. The molecule has 1 radical (unpaired) electrons. The number of aromatic hydroxyl groups is 1. The van der Waals surface area contributed by atoms with Crippen LogP contribution in [0.15, 0.2) is 45.6 Å². The molecule has 2 aromatic carbocycles. The summed E-state index contributed by atoms with van der Waals surface area (Å²) in [6.45, 7) is 0. The second-order valence-electron chi connectivity index (χ2n) is 5.18. The van der Waals surface area contributed by atoms with Crippen molar-refractivity contribution in [1.29, 1.82) is 0 Å². The fraction of sp³-hybridized carbons (Fsp3) is 0.125. The molecule has 0 saturated carbocycles. The van der Waals surface area contributed by atoms with Gasteiger partial charge in [-0.15, -0.1) is 0 Å². The Hall–Kier alpha value is -1.47. The molecule has 3 aromatic rings. The van der Waals surface area contributed by atoms with E-state index in [-0.39, 0.29) is 71.3 Å². The Morgan fingerprint density at radius 1 is 0.929 bits per heavy atom. The van der Waals surface area contributed by atoms with Crippen molar-refractivity contribution in [3.8, 4) is 5.75 Å². The van der Waals surface area contributed by atoms with Crippen LogP contribution >= 0.6 is 0 Å². The summed E-state index contributed by atoms with van der Waals surface area (Å²) in [5.41, 5.74) is -3.76. The van der Waals surface area contributed by atoms with Crippen LogP contribution in [0.25, 0.3) is 21.7 Å². The van der Waals surface area contributed by atoms with E-state index in [4.69, 9.17) is 4.42 Å². The van der Waals surface area contributed by atoms with Crippen molar-refractivity contribution in [3.05, 3.63) is 52.4 Å². The number of Topliss-reactive ketones (excluding diaryl/α,β-unsaturated/α-hetero) is 1. The summed E-state index contributed by atoms with van der Waals surface area (Å²) in [5.74, 6) is -10.0. The Morgan fingerprint density at radius 2 is 1.50 bits per heavy atom. The first-order chi connectivity index (χ1) is 11.6.